The van der Waals surface area contributed by atoms with Gasteiger partial charge in [0.2, 0.25) is 12.7 Å². The quantitative estimate of drug-likeness (QED) is 0.759. The number of ether oxygens (including phenoxy) is 2. The number of hydrogen-bond donors (Lipinski definition) is 2. The van der Waals surface area contributed by atoms with Crippen LogP contribution in [-0.2, 0) is 4.79 Å². The van der Waals surface area contributed by atoms with Crippen molar-refractivity contribution in [2.75, 3.05) is 25.2 Å². The number of rotatable bonds is 3. The highest BCUT2D eigenvalue weighted by Gasteiger charge is 2.40. The molecule has 1 saturated heterocycles. The summed E-state index contributed by atoms with van der Waals surface area (Å²) in [5, 5.41) is 7.52. The van der Waals surface area contributed by atoms with E-state index in [9.17, 15) is 4.79 Å². The highest BCUT2D eigenvalue weighted by molar-refractivity contribution is 7.80. The van der Waals surface area contributed by atoms with E-state index >= 15 is 0 Å². The molecule has 4 aliphatic rings. The minimum Gasteiger partial charge on any atom is -0.454 e. The molecule has 2 aliphatic carbocycles. The molecule has 2 aliphatic heterocycles. The average molecular weight is 402 g/mol. The highest BCUT2D eigenvalue weighted by atomic mass is 32.1. The second-order valence-corrected chi connectivity index (χ2v) is 8.94. The summed E-state index contributed by atoms with van der Waals surface area (Å²) < 4.78 is 10.7. The largest absolute Gasteiger partial charge is 0.454 e. The minimum atomic E-state index is 0.0203. The summed E-state index contributed by atoms with van der Waals surface area (Å²) in [4.78, 5) is 14.9. The van der Waals surface area contributed by atoms with E-state index in [4.69, 9.17) is 21.7 Å². The first-order chi connectivity index (χ1) is 13.7. The van der Waals surface area contributed by atoms with Gasteiger partial charge in [-0.3, -0.25) is 4.79 Å². The highest BCUT2D eigenvalue weighted by Crippen LogP contribution is 2.44. The lowest BCUT2D eigenvalue weighted by molar-refractivity contribution is -0.121. The third kappa shape index (κ3) is 3.52. The fourth-order valence-corrected chi connectivity index (χ4v) is 5.57. The lowest BCUT2D eigenvalue weighted by atomic mass is 9.95. The maximum Gasteiger partial charge on any atom is 0.231 e. The third-order valence-electron chi connectivity index (χ3n) is 6.84. The van der Waals surface area contributed by atoms with Gasteiger partial charge in [-0.2, -0.15) is 0 Å². The number of anilines is 1. The Labute approximate surface area is 170 Å². The number of carbonyl (C=O) groups excluding carboxylic acids is 1. The molecule has 28 heavy (non-hydrogen) atoms. The number of thiocarbonyl (C=S) groups is 1. The molecule has 5 rings (SSSR count). The van der Waals surface area contributed by atoms with E-state index in [2.05, 4.69) is 15.5 Å². The predicted molar refractivity (Wildman–Crippen MR) is 110 cm³/mol. The molecule has 3 atom stereocenters. The summed E-state index contributed by atoms with van der Waals surface area (Å²) in [6, 6.07) is 6.08. The van der Waals surface area contributed by atoms with Gasteiger partial charge in [0.1, 0.15) is 0 Å². The second kappa shape index (κ2) is 7.43. The molecule has 6 nitrogen and oxygen atoms in total. The van der Waals surface area contributed by atoms with Crippen molar-refractivity contribution in [1.82, 2.24) is 10.2 Å². The Balaban J connectivity index is 1.10. The van der Waals surface area contributed by atoms with Crippen LogP contribution in [0.1, 0.15) is 38.5 Å². The predicted octanol–water partition coefficient (Wildman–Crippen LogP) is 3.13. The number of benzene rings is 1. The number of carbonyl (C=O) groups is 1. The molecule has 1 amide bonds. The van der Waals surface area contributed by atoms with Crippen LogP contribution in [0.3, 0.4) is 0 Å². The van der Waals surface area contributed by atoms with Crippen LogP contribution >= 0.6 is 12.2 Å². The Morgan fingerprint density at radius 2 is 1.89 bits per heavy atom. The number of likely N-dealkylation sites (tertiary alicyclic amines) is 1. The van der Waals surface area contributed by atoms with Gasteiger partial charge in [-0.05, 0) is 68.3 Å². The van der Waals surface area contributed by atoms with E-state index in [1.165, 1.54) is 25.7 Å². The van der Waals surface area contributed by atoms with Gasteiger partial charge in [0.15, 0.2) is 16.6 Å². The van der Waals surface area contributed by atoms with Crippen molar-refractivity contribution in [3.05, 3.63) is 18.2 Å². The Kier molecular flexibility index (Phi) is 4.78. The summed E-state index contributed by atoms with van der Waals surface area (Å²) in [7, 11) is 0. The summed E-state index contributed by atoms with van der Waals surface area (Å²) >= 11 is 5.67. The Morgan fingerprint density at radius 3 is 2.64 bits per heavy atom. The molecule has 1 aromatic carbocycles. The molecular weight excluding hydrogens is 374 g/mol. The molecule has 2 heterocycles. The van der Waals surface area contributed by atoms with E-state index in [1.807, 2.05) is 18.2 Å². The van der Waals surface area contributed by atoms with Gasteiger partial charge in [0.05, 0.1) is 0 Å². The van der Waals surface area contributed by atoms with E-state index in [0.717, 1.165) is 54.3 Å². The first-order valence-electron chi connectivity index (χ1n) is 10.4. The van der Waals surface area contributed by atoms with Crippen LogP contribution in [0.5, 0.6) is 11.5 Å². The van der Waals surface area contributed by atoms with Gasteiger partial charge in [0, 0.05) is 36.8 Å². The van der Waals surface area contributed by atoms with Crippen LogP contribution in [0.25, 0.3) is 0 Å². The zero-order chi connectivity index (χ0) is 19.1. The lowest BCUT2D eigenvalue weighted by Gasteiger charge is -2.35. The maximum atomic E-state index is 12.7. The van der Waals surface area contributed by atoms with Gasteiger partial charge in [-0.15, -0.1) is 0 Å². The SMILES string of the molecule is O=C(Nc1ccc2c(c1)OCO2)C1CCN(C(=S)NC2CC3CCC2C3)CC1. The molecule has 1 aromatic rings. The number of amides is 1. The zero-order valence-corrected chi connectivity index (χ0v) is 16.8. The monoisotopic (exact) mass is 401 g/mol. The maximum absolute atomic E-state index is 12.7. The van der Waals surface area contributed by atoms with Crippen molar-refractivity contribution < 1.29 is 14.3 Å². The third-order valence-corrected chi connectivity index (χ3v) is 7.22. The molecule has 2 N–H and O–H groups in total. The van der Waals surface area contributed by atoms with Crippen LogP contribution in [0.15, 0.2) is 18.2 Å². The van der Waals surface area contributed by atoms with Gasteiger partial charge in [-0.1, -0.05) is 6.42 Å². The van der Waals surface area contributed by atoms with Gasteiger partial charge in [0.25, 0.3) is 0 Å². The molecular formula is C21H27N3O3S. The topological polar surface area (TPSA) is 62.8 Å². The molecule has 0 radical (unpaired) electrons. The smallest absolute Gasteiger partial charge is 0.231 e. The van der Waals surface area contributed by atoms with Gasteiger partial charge < -0.3 is 25.0 Å². The minimum absolute atomic E-state index is 0.0203. The van der Waals surface area contributed by atoms with Crippen molar-refractivity contribution >= 4 is 28.9 Å². The van der Waals surface area contributed by atoms with E-state index < -0.39 is 0 Å². The van der Waals surface area contributed by atoms with Crippen molar-refractivity contribution in [3.63, 3.8) is 0 Å². The number of piperidine rings is 1. The summed E-state index contributed by atoms with van der Waals surface area (Å²) in [6.45, 7) is 1.92. The van der Waals surface area contributed by atoms with Crippen molar-refractivity contribution in [3.8, 4) is 11.5 Å². The molecule has 150 valence electrons. The van der Waals surface area contributed by atoms with Crippen molar-refractivity contribution in [2.24, 2.45) is 17.8 Å². The van der Waals surface area contributed by atoms with Crippen LogP contribution < -0.4 is 20.1 Å². The first-order valence-corrected chi connectivity index (χ1v) is 10.8. The fraction of sp³-hybridized carbons (Fsp3) is 0.619. The summed E-state index contributed by atoms with van der Waals surface area (Å²) in [6.07, 6.45) is 7.07. The Hall–Kier alpha value is -2.02. The number of nitrogens with one attached hydrogen (secondary N) is 2. The van der Waals surface area contributed by atoms with Gasteiger partial charge in [-0.25, -0.2) is 0 Å². The van der Waals surface area contributed by atoms with E-state index in [-0.39, 0.29) is 18.6 Å². The number of fused-ring (bicyclic) bond motifs is 3. The lowest BCUT2D eigenvalue weighted by Crippen LogP contribution is -2.49. The average Bonchev–Trinajstić information content (AvgIpc) is 3.44. The van der Waals surface area contributed by atoms with Crippen LogP contribution in [0.4, 0.5) is 5.69 Å². The first kappa shape index (κ1) is 18.0. The van der Waals surface area contributed by atoms with Crippen LogP contribution in [-0.4, -0.2) is 41.8 Å². The fourth-order valence-electron chi connectivity index (χ4n) is 5.23. The molecule has 0 spiro atoms. The molecule has 2 saturated carbocycles. The number of nitrogens with zero attached hydrogens (tertiary/aromatic N) is 1. The second-order valence-electron chi connectivity index (χ2n) is 8.55. The molecule has 3 fully saturated rings. The molecule has 2 bridgehead atoms. The van der Waals surface area contributed by atoms with E-state index in [0.29, 0.717) is 11.8 Å². The normalized spacial score (nSPS) is 28.4. The summed E-state index contributed by atoms with van der Waals surface area (Å²) in [5.41, 5.74) is 0.755. The Bertz CT molecular complexity index is 778. The van der Waals surface area contributed by atoms with Crippen molar-refractivity contribution in [2.45, 2.75) is 44.6 Å². The van der Waals surface area contributed by atoms with E-state index in [1.54, 1.807) is 0 Å². The van der Waals surface area contributed by atoms with Crippen molar-refractivity contribution in [1.29, 1.82) is 0 Å². The standard InChI is InChI=1S/C21H27N3O3S/c25-20(22-16-3-4-18-19(11-16)27-12-26-18)14-5-7-24(8-6-14)21(28)23-17-10-13-1-2-15(17)9-13/h3-4,11,13-15,17H,1-2,5-10,12H2,(H,22,25)(H,23,28). The number of hydrogen-bond acceptors (Lipinski definition) is 4. The Morgan fingerprint density at radius 1 is 1.07 bits per heavy atom. The van der Waals surface area contributed by atoms with Gasteiger partial charge >= 0.3 is 0 Å². The molecule has 0 aromatic heterocycles. The van der Waals surface area contributed by atoms with Crippen LogP contribution in [0.2, 0.25) is 0 Å². The zero-order valence-electron chi connectivity index (χ0n) is 16.0. The summed E-state index contributed by atoms with van der Waals surface area (Å²) in [5.74, 6) is 3.23. The van der Waals surface area contributed by atoms with Crippen LogP contribution in [0, 0.1) is 17.8 Å². The molecule has 7 heteroatoms. The molecule has 3 unspecified atom stereocenters.